The largest absolute Gasteiger partial charge is 0.381 e. The number of guanidine groups is 1. The van der Waals surface area contributed by atoms with Crippen LogP contribution >= 0.6 is 0 Å². The fourth-order valence-corrected chi connectivity index (χ4v) is 3.73. The van der Waals surface area contributed by atoms with Crippen LogP contribution in [0, 0.1) is 5.41 Å². The summed E-state index contributed by atoms with van der Waals surface area (Å²) in [5, 5.41) is 7.02. The van der Waals surface area contributed by atoms with Crippen LogP contribution in [0.4, 0.5) is 0 Å². The molecule has 0 aliphatic heterocycles. The highest BCUT2D eigenvalue weighted by atomic mass is 16.5. The van der Waals surface area contributed by atoms with Crippen LogP contribution in [0.3, 0.4) is 0 Å². The summed E-state index contributed by atoms with van der Waals surface area (Å²) in [6, 6.07) is 0.514. The van der Waals surface area contributed by atoms with Gasteiger partial charge in [0.1, 0.15) is 0 Å². The van der Waals surface area contributed by atoms with E-state index < -0.39 is 0 Å². The van der Waals surface area contributed by atoms with Crippen LogP contribution in [0.15, 0.2) is 4.99 Å². The van der Waals surface area contributed by atoms with E-state index in [9.17, 15) is 0 Å². The Labute approximate surface area is 141 Å². The van der Waals surface area contributed by atoms with Crippen molar-refractivity contribution in [2.24, 2.45) is 10.4 Å². The van der Waals surface area contributed by atoms with E-state index in [4.69, 9.17) is 9.47 Å². The van der Waals surface area contributed by atoms with Gasteiger partial charge >= 0.3 is 0 Å². The molecule has 0 radical (unpaired) electrons. The van der Waals surface area contributed by atoms with Crippen LogP contribution in [-0.2, 0) is 9.47 Å². The van der Waals surface area contributed by atoms with E-state index in [-0.39, 0.29) is 0 Å². The maximum absolute atomic E-state index is 5.91. The maximum atomic E-state index is 5.91. The van der Waals surface area contributed by atoms with Crippen molar-refractivity contribution >= 4 is 5.96 Å². The first kappa shape index (κ1) is 18.5. The van der Waals surface area contributed by atoms with Crippen LogP contribution in [0.25, 0.3) is 0 Å². The lowest BCUT2D eigenvalue weighted by atomic mass is 9.51. The van der Waals surface area contributed by atoms with Crippen molar-refractivity contribution in [2.75, 3.05) is 33.4 Å². The molecule has 0 aromatic rings. The van der Waals surface area contributed by atoms with Gasteiger partial charge in [-0.3, -0.25) is 4.99 Å². The van der Waals surface area contributed by atoms with Gasteiger partial charge in [-0.25, -0.2) is 0 Å². The number of hydrogen-bond acceptors (Lipinski definition) is 3. The van der Waals surface area contributed by atoms with Crippen LogP contribution in [0.1, 0.15) is 58.8 Å². The quantitative estimate of drug-likeness (QED) is 0.368. The highest BCUT2D eigenvalue weighted by Gasteiger charge is 2.59. The fourth-order valence-electron chi connectivity index (χ4n) is 3.73. The number of ether oxygens (including phenoxy) is 2. The molecule has 23 heavy (non-hydrogen) atoms. The topological polar surface area (TPSA) is 54.9 Å². The molecule has 5 heteroatoms. The van der Waals surface area contributed by atoms with E-state index in [0.29, 0.717) is 17.6 Å². The number of hydrogen-bond donors (Lipinski definition) is 2. The minimum absolute atomic E-state index is 0.372. The van der Waals surface area contributed by atoms with Gasteiger partial charge in [-0.05, 0) is 39.0 Å². The average molecular weight is 325 g/mol. The highest BCUT2D eigenvalue weighted by Crippen LogP contribution is 2.57. The Morgan fingerprint density at radius 2 is 2.00 bits per heavy atom. The first-order valence-electron chi connectivity index (χ1n) is 9.43. The standard InChI is InChI=1S/C18H35N3O2/c1-4-6-12-22-13-8-11-20-17(19-3)21-15-14-16(23-5-2)18(15)9-7-10-18/h15-16H,4-14H2,1-3H3,(H2,19,20,21). The van der Waals surface area contributed by atoms with Gasteiger partial charge in [0.25, 0.3) is 0 Å². The lowest BCUT2D eigenvalue weighted by molar-refractivity contribution is -0.168. The molecule has 0 bridgehead atoms. The third-order valence-electron chi connectivity index (χ3n) is 5.37. The van der Waals surface area contributed by atoms with Crippen molar-refractivity contribution in [2.45, 2.75) is 70.9 Å². The molecule has 0 heterocycles. The monoisotopic (exact) mass is 325 g/mol. The molecule has 2 rings (SSSR count). The number of unbranched alkanes of at least 4 members (excludes halogenated alkanes) is 1. The van der Waals surface area contributed by atoms with Gasteiger partial charge in [-0.15, -0.1) is 0 Å². The lowest BCUT2D eigenvalue weighted by Crippen LogP contribution is -2.68. The zero-order chi connectivity index (χ0) is 16.5. The summed E-state index contributed by atoms with van der Waals surface area (Å²) in [6.07, 6.45) is 8.83. The van der Waals surface area contributed by atoms with Crippen molar-refractivity contribution in [3.63, 3.8) is 0 Å². The molecular weight excluding hydrogens is 290 g/mol. The molecule has 2 aliphatic rings. The molecule has 134 valence electrons. The van der Waals surface area contributed by atoms with E-state index in [1.165, 1.54) is 25.7 Å². The molecule has 2 unspecified atom stereocenters. The molecule has 0 saturated heterocycles. The maximum Gasteiger partial charge on any atom is 0.191 e. The summed E-state index contributed by atoms with van der Waals surface area (Å²) in [5.41, 5.74) is 0.372. The SMILES string of the molecule is CCCCOCCCNC(=NC)NC1CC(OCC)C12CCC2. The smallest absolute Gasteiger partial charge is 0.191 e. The van der Waals surface area contributed by atoms with Gasteiger partial charge < -0.3 is 20.1 Å². The molecule has 1 spiro atoms. The Bertz CT molecular complexity index is 369. The van der Waals surface area contributed by atoms with Crippen molar-refractivity contribution in [3.8, 4) is 0 Å². The number of nitrogens with zero attached hydrogens (tertiary/aromatic N) is 1. The van der Waals surface area contributed by atoms with E-state index in [2.05, 4.69) is 29.5 Å². The summed E-state index contributed by atoms with van der Waals surface area (Å²) in [7, 11) is 1.85. The fraction of sp³-hybridized carbons (Fsp3) is 0.944. The number of rotatable bonds is 10. The van der Waals surface area contributed by atoms with Gasteiger partial charge in [0.15, 0.2) is 5.96 Å². The van der Waals surface area contributed by atoms with Gasteiger partial charge in [-0.1, -0.05) is 19.8 Å². The molecule has 0 aromatic carbocycles. The minimum Gasteiger partial charge on any atom is -0.381 e. The Kier molecular flexibility index (Phi) is 7.63. The molecule has 0 amide bonds. The zero-order valence-corrected chi connectivity index (χ0v) is 15.2. The van der Waals surface area contributed by atoms with Crippen molar-refractivity contribution in [1.29, 1.82) is 0 Å². The molecule has 2 aliphatic carbocycles. The summed E-state index contributed by atoms with van der Waals surface area (Å²) >= 11 is 0. The van der Waals surface area contributed by atoms with Crippen molar-refractivity contribution < 1.29 is 9.47 Å². The van der Waals surface area contributed by atoms with Crippen molar-refractivity contribution in [3.05, 3.63) is 0 Å². The average Bonchev–Trinajstić information content (AvgIpc) is 2.49. The molecule has 2 atom stereocenters. The predicted octanol–water partition coefficient (Wildman–Crippen LogP) is 2.71. The summed E-state index contributed by atoms with van der Waals surface area (Å²) < 4.78 is 11.5. The van der Waals surface area contributed by atoms with E-state index in [1.807, 2.05) is 7.05 Å². The lowest BCUT2D eigenvalue weighted by Gasteiger charge is -2.61. The van der Waals surface area contributed by atoms with Crippen LogP contribution in [-0.4, -0.2) is 51.5 Å². The van der Waals surface area contributed by atoms with Gasteiger partial charge in [-0.2, -0.15) is 0 Å². The molecule has 2 saturated carbocycles. The third kappa shape index (κ3) is 4.60. The summed E-state index contributed by atoms with van der Waals surface area (Å²) in [5.74, 6) is 0.921. The predicted molar refractivity (Wildman–Crippen MR) is 94.9 cm³/mol. The Morgan fingerprint density at radius 1 is 1.22 bits per heavy atom. The van der Waals surface area contributed by atoms with Gasteiger partial charge in [0.05, 0.1) is 6.10 Å². The van der Waals surface area contributed by atoms with Crippen LogP contribution in [0.5, 0.6) is 0 Å². The zero-order valence-electron chi connectivity index (χ0n) is 15.2. The molecular formula is C18H35N3O2. The van der Waals surface area contributed by atoms with E-state index in [1.54, 1.807) is 0 Å². The second-order valence-electron chi connectivity index (χ2n) is 6.78. The highest BCUT2D eigenvalue weighted by molar-refractivity contribution is 5.80. The molecule has 2 fully saturated rings. The van der Waals surface area contributed by atoms with E-state index >= 15 is 0 Å². The Balaban J connectivity index is 1.64. The number of nitrogens with one attached hydrogen (secondary N) is 2. The summed E-state index contributed by atoms with van der Waals surface area (Å²) in [6.45, 7) is 7.71. The van der Waals surface area contributed by atoms with Crippen molar-refractivity contribution in [1.82, 2.24) is 10.6 Å². The van der Waals surface area contributed by atoms with Crippen LogP contribution in [0.2, 0.25) is 0 Å². The number of aliphatic imine (C=N–C) groups is 1. The first-order chi connectivity index (χ1) is 11.3. The minimum atomic E-state index is 0.372. The van der Waals surface area contributed by atoms with Gasteiger partial charge in [0.2, 0.25) is 0 Å². The second-order valence-corrected chi connectivity index (χ2v) is 6.78. The second kappa shape index (κ2) is 9.48. The molecule has 5 nitrogen and oxygen atoms in total. The normalized spacial score (nSPS) is 25.8. The summed E-state index contributed by atoms with van der Waals surface area (Å²) in [4.78, 5) is 4.36. The molecule has 0 aromatic heterocycles. The molecule has 2 N–H and O–H groups in total. The third-order valence-corrected chi connectivity index (χ3v) is 5.37. The first-order valence-corrected chi connectivity index (χ1v) is 9.43. The Morgan fingerprint density at radius 3 is 2.61 bits per heavy atom. The van der Waals surface area contributed by atoms with E-state index in [0.717, 1.165) is 51.6 Å². The van der Waals surface area contributed by atoms with Gasteiger partial charge in [0, 0.05) is 44.9 Å². The Hall–Kier alpha value is -0.810. The van der Waals surface area contributed by atoms with Crippen LogP contribution < -0.4 is 10.6 Å².